The van der Waals surface area contributed by atoms with Gasteiger partial charge in [0.2, 0.25) is 0 Å². The van der Waals surface area contributed by atoms with Crippen molar-refractivity contribution in [1.82, 2.24) is 28.9 Å². The van der Waals surface area contributed by atoms with Crippen molar-refractivity contribution in [3.63, 3.8) is 0 Å². The van der Waals surface area contributed by atoms with Crippen LogP contribution < -0.4 is 21.8 Å². The van der Waals surface area contributed by atoms with Gasteiger partial charge < -0.3 is 20.4 Å². The van der Waals surface area contributed by atoms with Crippen LogP contribution in [-0.4, -0.2) is 41.0 Å². The maximum absolute atomic E-state index is 15.4. The lowest BCUT2D eigenvalue weighted by molar-refractivity contribution is 0.158. The van der Waals surface area contributed by atoms with E-state index in [2.05, 4.69) is 10.6 Å². The molecule has 2 aliphatic heterocycles. The zero-order valence-corrected chi connectivity index (χ0v) is 37.6. The molecule has 4 amide bonds. The topological polar surface area (TPSA) is 134 Å². The number of carbonyl (C=O) groups excluding carboxylic acids is 2. The van der Waals surface area contributed by atoms with E-state index in [1.807, 2.05) is 117 Å². The molecule has 14 heteroatoms. The van der Waals surface area contributed by atoms with Crippen LogP contribution in [0.2, 0.25) is 10.0 Å². The fourth-order valence-electron chi connectivity index (χ4n) is 9.67. The van der Waals surface area contributed by atoms with E-state index < -0.39 is 36.2 Å². The van der Waals surface area contributed by atoms with Crippen LogP contribution in [0.1, 0.15) is 73.6 Å². The Morgan fingerprint density at radius 2 is 1.02 bits per heavy atom. The van der Waals surface area contributed by atoms with Gasteiger partial charge in [0.15, 0.2) is 0 Å². The molecule has 4 unspecified atom stereocenters. The van der Waals surface area contributed by atoms with Gasteiger partial charge in [-0.15, -0.1) is 0 Å². The van der Waals surface area contributed by atoms with Gasteiger partial charge in [-0.05, 0) is 73.7 Å². The van der Waals surface area contributed by atoms with Crippen LogP contribution in [-0.2, 0) is 13.1 Å². The molecule has 0 saturated heterocycles. The first-order chi connectivity index (χ1) is 32.1. The third-order valence-electron chi connectivity index (χ3n) is 12.9. The van der Waals surface area contributed by atoms with Crippen LogP contribution in [0.4, 0.5) is 21.0 Å². The minimum Gasteiger partial charge on any atom is -0.308 e. The number of aromatic nitrogens is 4. The zero-order chi connectivity index (χ0) is 45.6. The lowest BCUT2D eigenvalue weighted by atomic mass is 10.0. The highest BCUT2D eigenvalue weighted by molar-refractivity contribution is 6.35. The molecule has 6 aromatic carbocycles. The minimum absolute atomic E-state index is 0.257. The molecule has 2 aliphatic rings. The Hall–Kier alpha value is -7.28. The number of amides is 4. The predicted octanol–water partition coefficient (Wildman–Crippen LogP) is 11.6. The van der Waals surface area contributed by atoms with Crippen molar-refractivity contribution >= 4 is 68.4 Å². The maximum atomic E-state index is 15.4. The van der Waals surface area contributed by atoms with Gasteiger partial charge in [-0.2, -0.15) is 0 Å². The smallest absolute Gasteiger partial charge is 0.308 e. The molecule has 2 N–H and O–H groups in total. The number of para-hydroxylation sites is 1. The van der Waals surface area contributed by atoms with E-state index in [9.17, 15) is 9.59 Å². The number of benzene rings is 6. The first-order valence-corrected chi connectivity index (χ1v) is 22.7. The first kappa shape index (κ1) is 42.7. The average molecular weight is 916 g/mol. The number of halogens is 2. The highest BCUT2D eigenvalue weighted by Gasteiger charge is 2.40. The molecule has 0 radical (unpaired) electrons. The highest BCUT2D eigenvalue weighted by atomic mass is 35.5. The summed E-state index contributed by atoms with van der Waals surface area (Å²) in [6, 6.07) is 41.8. The van der Waals surface area contributed by atoms with Crippen LogP contribution in [0.5, 0.6) is 0 Å². The number of anilines is 2. The van der Waals surface area contributed by atoms with Crippen molar-refractivity contribution in [2.24, 2.45) is 0 Å². The number of rotatable bonds is 9. The molecule has 0 fully saturated rings. The van der Waals surface area contributed by atoms with Gasteiger partial charge in [0, 0.05) is 18.7 Å². The molecule has 4 atom stereocenters. The SMILES string of the molecule is CC(c1ccccc1)N(C(=O)Nc1cccc(-c2ccccc2)c1NC(=O)N(C(C)c1ccccc1)C1CCn2c1nc1cccc(Cl)c1c2=O)C1CCn2c1nc1cccc(Cl)c1c2=O. The van der Waals surface area contributed by atoms with Gasteiger partial charge in [0.05, 0.1) is 67.4 Å². The fraction of sp³-hybridized carbons (Fsp3) is 0.192. The normalized spacial score (nSPS) is 16.1. The predicted molar refractivity (Wildman–Crippen MR) is 260 cm³/mol. The second kappa shape index (κ2) is 17.6. The summed E-state index contributed by atoms with van der Waals surface area (Å²) >= 11 is 13.0. The molecular formula is C52H44Cl2N8O4. The molecule has 0 spiro atoms. The molecule has 0 saturated carbocycles. The van der Waals surface area contributed by atoms with E-state index in [0.717, 1.165) is 16.7 Å². The molecule has 12 nitrogen and oxygen atoms in total. The first-order valence-electron chi connectivity index (χ1n) is 21.9. The van der Waals surface area contributed by atoms with E-state index in [-0.39, 0.29) is 11.1 Å². The quantitative estimate of drug-likeness (QED) is 0.148. The number of nitrogens with zero attached hydrogens (tertiary/aromatic N) is 6. The van der Waals surface area contributed by atoms with Crippen LogP contribution >= 0.6 is 23.2 Å². The number of hydrogen-bond acceptors (Lipinski definition) is 6. The number of urea groups is 2. The van der Waals surface area contributed by atoms with Crippen LogP contribution in [0.3, 0.4) is 0 Å². The Labute approximate surface area is 390 Å². The minimum atomic E-state index is -0.607. The standard InChI is InChI=1S/C52H44Cl2N8O4/c1-31(33-15-6-3-7-16-33)61(42-27-29-59-47(42)55-39-24-13-22-37(53)44(39)49(59)63)51(65)57-41-26-12-21-36(35-19-10-5-11-20-35)46(41)58-52(66)62(32(2)34-17-8-4-9-18-34)43-28-30-60-48(43)56-40-25-14-23-38(54)45(40)50(60)64/h3-26,31-32,42-43H,27-30H2,1-2H3,(H,57,65)(H,58,66). The van der Waals surface area contributed by atoms with Crippen molar-refractivity contribution in [2.45, 2.75) is 63.9 Å². The van der Waals surface area contributed by atoms with E-state index in [1.165, 1.54) is 0 Å². The largest absolute Gasteiger partial charge is 0.323 e. The highest BCUT2D eigenvalue weighted by Crippen LogP contribution is 2.42. The summed E-state index contributed by atoms with van der Waals surface area (Å²) in [5.74, 6) is 0.923. The molecule has 4 heterocycles. The summed E-state index contributed by atoms with van der Waals surface area (Å²) < 4.78 is 3.23. The van der Waals surface area contributed by atoms with E-state index >= 15 is 9.59 Å². The van der Waals surface area contributed by atoms with Gasteiger partial charge >= 0.3 is 12.1 Å². The fourth-order valence-corrected chi connectivity index (χ4v) is 10.2. The molecule has 66 heavy (non-hydrogen) atoms. The van der Waals surface area contributed by atoms with Crippen molar-refractivity contribution in [3.05, 3.63) is 199 Å². The molecular weight excluding hydrogens is 872 g/mol. The van der Waals surface area contributed by atoms with E-state index in [4.69, 9.17) is 33.2 Å². The lowest BCUT2D eigenvalue weighted by Crippen LogP contribution is -2.41. The monoisotopic (exact) mass is 914 g/mol. The lowest BCUT2D eigenvalue weighted by Gasteiger charge is -2.36. The van der Waals surface area contributed by atoms with Gasteiger partial charge in [0.1, 0.15) is 11.6 Å². The Morgan fingerprint density at radius 1 is 0.576 bits per heavy atom. The van der Waals surface area contributed by atoms with Crippen LogP contribution in [0, 0.1) is 0 Å². The van der Waals surface area contributed by atoms with Gasteiger partial charge in [-0.3, -0.25) is 18.7 Å². The Kier molecular flexibility index (Phi) is 11.4. The van der Waals surface area contributed by atoms with Gasteiger partial charge in [-0.25, -0.2) is 19.6 Å². The van der Waals surface area contributed by atoms with Crippen molar-refractivity contribution < 1.29 is 9.59 Å². The van der Waals surface area contributed by atoms with E-state index in [1.54, 1.807) is 61.4 Å². The summed E-state index contributed by atoms with van der Waals surface area (Å²) in [4.78, 5) is 71.9. The molecule has 0 aliphatic carbocycles. The summed E-state index contributed by atoms with van der Waals surface area (Å²) in [7, 11) is 0. The van der Waals surface area contributed by atoms with E-state index in [0.29, 0.717) is 86.4 Å². The van der Waals surface area contributed by atoms with Crippen molar-refractivity contribution in [3.8, 4) is 11.1 Å². The van der Waals surface area contributed by atoms with Crippen molar-refractivity contribution in [1.29, 1.82) is 0 Å². The van der Waals surface area contributed by atoms with Crippen molar-refractivity contribution in [2.75, 3.05) is 10.6 Å². The summed E-state index contributed by atoms with van der Waals surface area (Å²) in [5, 5.41) is 7.80. The summed E-state index contributed by atoms with van der Waals surface area (Å²) in [5.41, 5.74) is 4.35. The number of carbonyl (C=O) groups is 2. The molecule has 2 aromatic heterocycles. The Bertz CT molecular complexity index is 3290. The second-order valence-corrected chi connectivity index (χ2v) is 17.5. The Balaban J connectivity index is 1.07. The van der Waals surface area contributed by atoms with Gasteiger partial charge in [-0.1, -0.05) is 138 Å². The maximum Gasteiger partial charge on any atom is 0.323 e. The zero-order valence-electron chi connectivity index (χ0n) is 36.1. The Morgan fingerprint density at radius 3 is 1.50 bits per heavy atom. The molecule has 0 bridgehead atoms. The number of fused-ring (bicyclic) bond motifs is 4. The van der Waals surface area contributed by atoms with Crippen LogP contribution in [0.25, 0.3) is 32.9 Å². The molecule has 10 rings (SSSR count). The number of nitrogens with one attached hydrogen (secondary N) is 2. The molecule has 330 valence electrons. The summed E-state index contributed by atoms with van der Waals surface area (Å²) in [6.07, 6.45) is 0.862. The summed E-state index contributed by atoms with van der Waals surface area (Å²) in [6.45, 7) is 4.59. The molecule has 8 aromatic rings. The third kappa shape index (κ3) is 7.55. The average Bonchev–Trinajstić information content (AvgIpc) is 3.95. The van der Waals surface area contributed by atoms with Crippen LogP contribution in [0.15, 0.2) is 155 Å². The second-order valence-electron chi connectivity index (χ2n) is 16.7. The number of hydrogen-bond donors (Lipinski definition) is 2. The third-order valence-corrected chi connectivity index (χ3v) is 13.6. The van der Waals surface area contributed by atoms with Gasteiger partial charge in [0.25, 0.3) is 11.1 Å².